The molecule has 0 bridgehead atoms. The third-order valence-electron chi connectivity index (χ3n) is 4.49. The van der Waals surface area contributed by atoms with Crippen molar-refractivity contribution in [1.82, 2.24) is 15.5 Å². The number of nitrogens with one attached hydrogen (secondary N) is 2. The number of fused-ring (bicyclic) bond motifs is 1. The lowest BCUT2D eigenvalue weighted by molar-refractivity contribution is -0.122. The van der Waals surface area contributed by atoms with E-state index in [1.807, 2.05) is 6.92 Å². The molecule has 2 atom stereocenters. The Kier molecular flexibility index (Phi) is 5.83. The fraction of sp³-hybridized carbons (Fsp3) is 0.867. The van der Waals surface area contributed by atoms with Crippen molar-refractivity contribution in [2.75, 3.05) is 19.6 Å². The highest BCUT2D eigenvalue weighted by atomic mass is 16.2. The van der Waals surface area contributed by atoms with Crippen LogP contribution in [0.1, 0.15) is 51.9 Å². The van der Waals surface area contributed by atoms with E-state index >= 15 is 0 Å². The van der Waals surface area contributed by atoms with E-state index < -0.39 is 0 Å². The quantitative estimate of drug-likeness (QED) is 0.827. The van der Waals surface area contributed by atoms with Crippen LogP contribution in [-0.4, -0.2) is 42.5 Å². The molecule has 1 heterocycles. The largest absolute Gasteiger partial charge is 0.338 e. The van der Waals surface area contributed by atoms with Crippen LogP contribution < -0.4 is 10.6 Å². The topological polar surface area (TPSA) is 61.4 Å². The van der Waals surface area contributed by atoms with E-state index in [9.17, 15) is 9.59 Å². The van der Waals surface area contributed by atoms with E-state index in [1.165, 1.54) is 38.5 Å². The number of hydrogen-bond donors (Lipinski definition) is 2. The van der Waals surface area contributed by atoms with Gasteiger partial charge in [0.15, 0.2) is 0 Å². The number of urea groups is 1. The standard InChI is InChI=1S/C15H27N3O2/c1-2-9-16-15(20)17-14(19)11-18-10-5-7-12-6-3-4-8-13(12)18/h12-13H,2-11H2,1H3,(H2,16,17,19,20). The molecule has 2 N–H and O–H groups in total. The predicted octanol–water partition coefficient (Wildman–Crippen LogP) is 1.88. The molecule has 20 heavy (non-hydrogen) atoms. The Balaban J connectivity index is 1.79. The first-order valence-corrected chi connectivity index (χ1v) is 8.02. The van der Waals surface area contributed by atoms with Crippen molar-refractivity contribution in [3.63, 3.8) is 0 Å². The minimum atomic E-state index is -0.367. The minimum absolute atomic E-state index is 0.176. The average molecular weight is 281 g/mol. The van der Waals surface area contributed by atoms with Gasteiger partial charge in [0.25, 0.3) is 0 Å². The summed E-state index contributed by atoms with van der Waals surface area (Å²) in [6, 6.07) is 0.191. The van der Waals surface area contributed by atoms with Crippen molar-refractivity contribution in [2.24, 2.45) is 5.92 Å². The summed E-state index contributed by atoms with van der Waals surface area (Å²) < 4.78 is 0. The molecule has 0 aromatic carbocycles. The van der Waals surface area contributed by atoms with Crippen LogP contribution in [0.15, 0.2) is 0 Å². The van der Waals surface area contributed by atoms with Gasteiger partial charge in [0.1, 0.15) is 0 Å². The fourth-order valence-electron chi connectivity index (χ4n) is 3.56. The third-order valence-corrected chi connectivity index (χ3v) is 4.49. The molecular formula is C15H27N3O2. The molecule has 1 aliphatic heterocycles. The van der Waals surface area contributed by atoms with Gasteiger partial charge in [-0.3, -0.25) is 15.0 Å². The van der Waals surface area contributed by atoms with Gasteiger partial charge in [-0.15, -0.1) is 0 Å². The Bertz CT molecular complexity index is 344. The number of piperidine rings is 1. The summed E-state index contributed by atoms with van der Waals surface area (Å²) in [4.78, 5) is 25.7. The summed E-state index contributed by atoms with van der Waals surface area (Å²) in [5.41, 5.74) is 0. The third kappa shape index (κ3) is 4.20. The first-order chi connectivity index (χ1) is 9.70. The van der Waals surface area contributed by atoms with Crippen LogP contribution >= 0.6 is 0 Å². The van der Waals surface area contributed by atoms with E-state index in [1.54, 1.807) is 0 Å². The van der Waals surface area contributed by atoms with Crippen LogP contribution in [0.25, 0.3) is 0 Å². The maximum atomic E-state index is 11.9. The summed E-state index contributed by atoms with van der Waals surface area (Å²) in [5, 5.41) is 5.09. The highest BCUT2D eigenvalue weighted by Crippen LogP contribution is 2.34. The van der Waals surface area contributed by atoms with Crippen molar-refractivity contribution in [3.05, 3.63) is 0 Å². The first-order valence-electron chi connectivity index (χ1n) is 8.02. The SMILES string of the molecule is CCCNC(=O)NC(=O)CN1CCCC2CCCCC21. The normalized spacial score (nSPS) is 26.6. The molecule has 0 aromatic rings. The number of imide groups is 1. The zero-order chi connectivity index (χ0) is 14.4. The van der Waals surface area contributed by atoms with Crippen molar-refractivity contribution >= 4 is 11.9 Å². The van der Waals surface area contributed by atoms with Crippen molar-refractivity contribution in [3.8, 4) is 0 Å². The minimum Gasteiger partial charge on any atom is -0.338 e. The Morgan fingerprint density at radius 3 is 2.70 bits per heavy atom. The molecule has 0 spiro atoms. The summed E-state index contributed by atoms with van der Waals surface area (Å²) in [6.07, 6.45) is 8.48. The van der Waals surface area contributed by atoms with Gasteiger partial charge in [0, 0.05) is 12.6 Å². The van der Waals surface area contributed by atoms with Crippen LogP contribution in [0.2, 0.25) is 0 Å². The first kappa shape index (κ1) is 15.3. The van der Waals surface area contributed by atoms with E-state index in [2.05, 4.69) is 15.5 Å². The Hall–Kier alpha value is -1.10. The maximum Gasteiger partial charge on any atom is 0.321 e. The molecule has 0 radical (unpaired) electrons. The highest BCUT2D eigenvalue weighted by molar-refractivity contribution is 5.95. The summed E-state index contributed by atoms with van der Waals surface area (Å²) in [6.45, 7) is 3.94. The molecule has 5 nitrogen and oxygen atoms in total. The van der Waals surface area contributed by atoms with Crippen molar-refractivity contribution in [1.29, 1.82) is 0 Å². The van der Waals surface area contributed by atoms with Crippen molar-refractivity contribution in [2.45, 2.75) is 57.9 Å². The molecule has 2 unspecified atom stereocenters. The fourth-order valence-corrected chi connectivity index (χ4v) is 3.56. The lowest BCUT2D eigenvalue weighted by Crippen LogP contribution is -2.52. The van der Waals surface area contributed by atoms with Gasteiger partial charge in [-0.1, -0.05) is 19.8 Å². The highest BCUT2D eigenvalue weighted by Gasteiger charge is 2.33. The van der Waals surface area contributed by atoms with Gasteiger partial charge in [0.05, 0.1) is 6.54 Å². The molecule has 1 aliphatic carbocycles. The lowest BCUT2D eigenvalue weighted by Gasteiger charge is -2.43. The summed E-state index contributed by atoms with van der Waals surface area (Å²) in [5.74, 6) is 0.587. The van der Waals surface area contributed by atoms with Crippen LogP contribution in [0.5, 0.6) is 0 Å². The Morgan fingerprint density at radius 1 is 1.15 bits per heavy atom. The molecule has 1 saturated heterocycles. The monoisotopic (exact) mass is 281 g/mol. The number of nitrogens with zero attached hydrogens (tertiary/aromatic N) is 1. The number of likely N-dealkylation sites (tertiary alicyclic amines) is 1. The number of amides is 3. The molecule has 0 aromatic heterocycles. The molecule has 2 rings (SSSR count). The van der Waals surface area contributed by atoms with Crippen molar-refractivity contribution < 1.29 is 9.59 Å². The van der Waals surface area contributed by atoms with Crippen LogP contribution in [0.4, 0.5) is 4.79 Å². The van der Waals surface area contributed by atoms with E-state index in [4.69, 9.17) is 0 Å². The molecule has 2 aliphatic rings. The van der Waals surface area contributed by atoms with Gasteiger partial charge in [0.2, 0.25) is 5.91 Å². The van der Waals surface area contributed by atoms with Crippen LogP contribution in [0, 0.1) is 5.92 Å². The number of hydrogen-bond acceptors (Lipinski definition) is 3. The predicted molar refractivity (Wildman–Crippen MR) is 78.4 cm³/mol. The van der Waals surface area contributed by atoms with Gasteiger partial charge in [-0.25, -0.2) is 4.79 Å². The average Bonchev–Trinajstić information content (AvgIpc) is 2.45. The molecule has 2 fully saturated rings. The molecule has 114 valence electrons. The van der Waals surface area contributed by atoms with Gasteiger partial charge in [-0.05, 0) is 44.6 Å². The second kappa shape index (κ2) is 7.62. The molecule has 1 saturated carbocycles. The number of rotatable bonds is 4. The summed E-state index contributed by atoms with van der Waals surface area (Å²) >= 11 is 0. The lowest BCUT2D eigenvalue weighted by atomic mass is 9.78. The Labute approximate surface area is 121 Å². The maximum absolute atomic E-state index is 11.9. The van der Waals surface area contributed by atoms with E-state index in [-0.39, 0.29) is 11.9 Å². The second-order valence-corrected chi connectivity index (χ2v) is 6.03. The van der Waals surface area contributed by atoms with E-state index in [0.717, 1.165) is 18.9 Å². The van der Waals surface area contributed by atoms with Gasteiger partial charge < -0.3 is 5.32 Å². The number of carbonyl (C=O) groups is 2. The van der Waals surface area contributed by atoms with E-state index in [0.29, 0.717) is 19.1 Å². The van der Waals surface area contributed by atoms with Crippen LogP contribution in [-0.2, 0) is 4.79 Å². The van der Waals surface area contributed by atoms with Crippen LogP contribution in [0.3, 0.4) is 0 Å². The molecular weight excluding hydrogens is 254 g/mol. The number of carbonyl (C=O) groups excluding carboxylic acids is 2. The van der Waals surface area contributed by atoms with Gasteiger partial charge in [-0.2, -0.15) is 0 Å². The molecule has 3 amide bonds. The Morgan fingerprint density at radius 2 is 1.90 bits per heavy atom. The zero-order valence-corrected chi connectivity index (χ0v) is 12.5. The molecule has 5 heteroatoms. The zero-order valence-electron chi connectivity index (χ0n) is 12.5. The second-order valence-electron chi connectivity index (χ2n) is 6.03. The smallest absolute Gasteiger partial charge is 0.321 e. The summed E-state index contributed by atoms with van der Waals surface area (Å²) in [7, 11) is 0. The van der Waals surface area contributed by atoms with Gasteiger partial charge >= 0.3 is 6.03 Å².